The van der Waals surface area contributed by atoms with Gasteiger partial charge in [-0.3, -0.25) is 4.79 Å². The molecular weight excluding hydrogens is 288 g/mol. The first-order valence-corrected chi connectivity index (χ1v) is 7.09. The minimum absolute atomic E-state index is 0.00205. The zero-order valence-electron chi connectivity index (χ0n) is 11.3. The Balaban J connectivity index is 1.57. The molecule has 1 amide bonds. The molecule has 108 valence electrons. The molecule has 0 aliphatic rings. The second kappa shape index (κ2) is 6.01. The number of carbonyl (C=O) groups is 1. The Kier molecular flexibility index (Phi) is 3.92. The number of aromatic nitrogens is 3. The number of carbonyl (C=O) groups excluding carboxylic acids is 1. The van der Waals surface area contributed by atoms with Crippen molar-refractivity contribution in [3.05, 3.63) is 53.7 Å². The monoisotopic (exact) mass is 302 g/mol. The molecule has 0 aliphatic carbocycles. The van der Waals surface area contributed by atoms with E-state index in [1.807, 2.05) is 30.5 Å². The molecular formula is C15H15ClN4O. The first kappa shape index (κ1) is 13.7. The molecule has 3 rings (SSSR count). The van der Waals surface area contributed by atoms with Crippen molar-refractivity contribution in [2.24, 2.45) is 0 Å². The average molecular weight is 303 g/mol. The molecule has 2 heterocycles. The quantitative estimate of drug-likeness (QED) is 0.761. The number of imidazole rings is 1. The van der Waals surface area contributed by atoms with E-state index in [1.54, 1.807) is 12.4 Å². The summed E-state index contributed by atoms with van der Waals surface area (Å²) < 4.78 is 2.05. The maximum absolute atomic E-state index is 11.8. The summed E-state index contributed by atoms with van der Waals surface area (Å²) in [6.07, 6.45) is 5.80. The van der Waals surface area contributed by atoms with Gasteiger partial charge < -0.3 is 14.9 Å². The van der Waals surface area contributed by atoms with Crippen molar-refractivity contribution in [3.63, 3.8) is 0 Å². The third-order valence-corrected chi connectivity index (χ3v) is 3.56. The molecule has 0 saturated carbocycles. The summed E-state index contributed by atoms with van der Waals surface area (Å²) in [5.41, 5.74) is 1.08. The number of hydrogen-bond donors (Lipinski definition) is 2. The summed E-state index contributed by atoms with van der Waals surface area (Å²) in [6, 6.07) is 7.75. The number of benzene rings is 1. The Morgan fingerprint density at radius 2 is 2.29 bits per heavy atom. The van der Waals surface area contributed by atoms with E-state index in [2.05, 4.69) is 19.9 Å². The lowest BCUT2D eigenvalue weighted by molar-refractivity contribution is -0.121. The van der Waals surface area contributed by atoms with Crippen molar-refractivity contribution in [1.82, 2.24) is 19.9 Å². The summed E-state index contributed by atoms with van der Waals surface area (Å²) in [4.78, 5) is 18.8. The second-order valence-corrected chi connectivity index (χ2v) is 5.21. The zero-order chi connectivity index (χ0) is 14.7. The Bertz CT molecular complexity index is 748. The Hall–Kier alpha value is -2.27. The number of aryl methyl sites for hydroxylation is 1. The van der Waals surface area contributed by atoms with E-state index in [4.69, 9.17) is 11.6 Å². The second-order valence-electron chi connectivity index (χ2n) is 4.77. The van der Waals surface area contributed by atoms with E-state index in [1.165, 1.54) is 0 Å². The minimum Gasteiger partial charge on any atom is -0.349 e. The highest BCUT2D eigenvalue weighted by molar-refractivity contribution is 6.31. The van der Waals surface area contributed by atoms with Gasteiger partial charge in [-0.15, -0.1) is 0 Å². The number of hydrogen-bond acceptors (Lipinski definition) is 2. The summed E-state index contributed by atoms with van der Waals surface area (Å²) in [5, 5.41) is 4.64. The highest BCUT2D eigenvalue weighted by Crippen LogP contribution is 2.20. The van der Waals surface area contributed by atoms with E-state index in [0.29, 0.717) is 19.5 Å². The number of fused-ring (bicyclic) bond motifs is 1. The van der Waals surface area contributed by atoms with Crippen molar-refractivity contribution in [2.75, 3.05) is 0 Å². The van der Waals surface area contributed by atoms with Gasteiger partial charge in [-0.1, -0.05) is 11.6 Å². The van der Waals surface area contributed by atoms with Gasteiger partial charge in [0.15, 0.2) is 0 Å². The summed E-state index contributed by atoms with van der Waals surface area (Å²) in [7, 11) is 0. The predicted molar refractivity (Wildman–Crippen MR) is 82.0 cm³/mol. The molecule has 0 aliphatic heterocycles. The molecule has 0 bridgehead atoms. The van der Waals surface area contributed by atoms with Crippen molar-refractivity contribution >= 4 is 28.4 Å². The summed E-state index contributed by atoms with van der Waals surface area (Å²) in [6.45, 7) is 1.06. The first-order valence-electron chi connectivity index (χ1n) is 6.72. The lowest BCUT2D eigenvalue weighted by Crippen LogP contribution is -2.24. The number of halogens is 1. The van der Waals surface area contributed by atoms with Crippen LogP contribution >= 0.6 is 11.6 Å². The Morgan fingerprint density at radius 1 is 1.38 bits per heavy atom. The van der Waals surface area contributed by atoms with Gasteiger partial charge in [0.05, 0.1) is 6.54 Å². The molecule has 1 aromatic carbocycles. The normalized spacial score (nSPS) is 10.9. The number of amides is 1. The van der Waals surface area contributed by atoms with Crippen LogP contribution in [0.2, 0.25) is 5.02 Å². The topological polar surface area (TPSA) is 62.7 Å². The molecule has 0 saturated heterocycles. The van der Waals surface area contributed by atoms with Crippen LogP contribution in [0.15, 0.2) is 42.9 Å². The molecule has 0 radical (unpaired) electrons. The third-order valence-electron chi connectivity index (χ3n) is 3.32. The fourth-order valence-electron chi connectivity index (χ4n) is 2.25. The number of nitrogens with one attached hydrogen (secondary N) is 2. The van der Waals surface area contributed by atoms with Gasteiger partial charge in [-0.2, -0.15) is 0 Å². The fourth-order valence-corrected chi connectivity index (χ4v) is 2.43. The van der Waals surface area contributed by atoms with Crippen molar-refractivity contribution in [1.29, 1.82) is 0 Å². The molecule has 2 N–H and O–H groups in total. The van der Waals surface area contributed by atoms with Crippen LogP contribution in [0.1, 0.15) is 12.2 Å². The number of rotatable bonds is 5. The van der Waals surface area contributed by atoms with Crippen LogP contribution in [0, 0.1) is 0 Å². The van der Waals surface area contributed by atoms with Gasteiger partial charge in [0.1, 0.15) is 5.82 Å². The van der Waals surface area contributed by atoms with Crippen LogP contribution in [0.5, 0.6) is 0 Å². The van der Waals surface area contributed by atoms with E-state index in [9.17, 15) is 4.79 Å². The zero-order valence-corrected chi connectivity index (χ0v) is 12.1. The van der Waals surface area contributed by atoms with Crippen LogP contribution in [-0.2, 0) is 17.9 Å². The molecule has 6 heteroatoms. The molecule has 21 heavy (non-hydrogen) atoms. The molecule has 5 nitrogen and oxygen atoms in total. The molecule has 3 aromatic rings. The lowest BCUT2D eigenvalue weighted by atomic mass is 10.2. The van der Waals surface area contributed by atoms with Gasteiger partial charge in [0.25, 0.3) is 0 Å². The van der Waals surface area contributed by atoms with E-state index >= 15 is 0 Å². The van der Waals surface area contributed by atoms with Crippen molar-refractivity contribution < 1.29 is 4.79 Å². The van der Waals surface area contributed by atoms with Crippen LogP contribution in [-0.4, -0.2) is 20.4 Å². The van der Waals surface area contributed by atoms with Gasteiger partial charge in [-0.25, -0.2) is 4.98 Å². The molecule has 0 fully saturated rings. The predicted octanol–water partition coefficient (Wildman–Crippen LogP) is 2.72. The van der Waals surface area contributed by atoms with Crippen LogP contribution < -0.4 is 5.32 Å². The maximum Gasteiger partial charge on any atom is 0.222 e. The number of nitrogens with zero attached hydrogens (tertiary/aromatic N) is 2. The smallest absolute Gasteiger partial charge is 0.222 e. The molecule has 0 spiro atoms. The Labute approximate surface area is 126 Å². The average Bonchev–Trinajstić information content (AvgIpc) is 3.12. The lowest BCUT2D eigenvalue weighted by Gasteiger charge is -2.06. The van der Waals surface area contributed by atoms with Crippen LogP contribution in [0.25, 0.3) is 10.9 Å². The van der Waals surface area contributed by atoms with Gasteiger partial charge in [-0.05, 0) is 24.3 Å². The first-order chi connectivity index (χ1) is 10.2. The maximum atomic E-state index is 11.8. The number of H-pyrrole nitrogens is 1. The van der Waals surface area contributed by atoms with Crippen LogP contribution in [0.4, 0.5) is 0 Å². The van der Waals surface area contributed by atoms with Crippen molar-refractivity contribution in [2.45, 2.75) is 19.5 Å². The third kappa shape index (κ3) is 3.25. The molecule has 0 unspecified atom stereocenters. The highest BCUT2D eigenvalue weighted by atomic mass is 35.5. The standard InChI is InChI=1S/C15H15ClN4O/c16-12-1-2-13-11(9-12)3-7-20(13)8-4-15(21)19-10-14-17-5-6-18-14/h1-3,5-7,9H,4,8,10H2,(H,17,18)(H,19,21). The fraction of sp³-hybridized carbons (Fsp3) is 0.200. The highest BCUT2D eigenvalue weighted by Gasteiger charge is 2.05. The largest absolute Gasteiger partial charge is 0.349 e. The minimum atomic E-state index is 0.00205. The SMILES string of the molecule is O=C(CCn1ccc2cc(Cl)ccc21)NCc1ncc[nH]1. The molecule has 2 aromatic heterocycles. The van der Waals surface area contributed by atoms with E-state index < -0.39 is 0 Å². The molecule has 0 atom stereocenters. The summed E-state index contributed by atoms with van der Waals surface area (Å²) >= 11 is 5.96. The van der Waals surface area contributed by atoms with Crippen molar-refractivity contribution in [3.8, 4) is 0 Å². The van der Waals surface area contributed by atoms with E-state index in [-0.39, 0.29) is 5.91 Å². The Morgan fingerprint density at radius 3 is 3.10 bits per heavy atom. The summed E-state index contributed by atoms with van der Waals surface area (Å²) in [5.74, 6) is 0.756. The van der Waals surface area contributed by atoms with E-state index in [0.717, 1.165) is 21.7 Å². The van der Waals surface area contributed by atoms with Gasteiger partial charge >= 0.3 is 0 Å². The van der Waals surface area contributed by atoms with Gasteiger partial charge in [0.2, 0.25) is 5.91 Å². The van der Waals surface area contributed by atoms with Crippen LogP contribution in [0.3, 0.4) is 0 Å². The number of aromatic amines is 1. The van der Waals surface area contributed by atoms with Gasteiger partial charge in [0, 0.05) is 47.5 Å².